The Morgan fingerprint density at radius 1 is 1.14 bits per heavy atom. The summed E-state index contributed by atoms with van der Waals surface area (Å²) in [5, 5.41) is -0.429. The Labute approximate surface area is 171 Å². The van der Waals surface area contributed by atoms with Crippen molar-refractivity contribution in [3.05, 3.63) is 59.9 Å². The number of hydrogen-bond donors (Lipinski definition) is 0. The molecule has 7 heteroatoms. The SMILES string of the molecule is CC(C)CS(=O)(=O)C1CN(C(=O)CCc2cccc(Oc3ccc(F)cc3)c2)C1. The number of rotatable bonds is 8. The summed E-state index contributed by atoms with van der Waals surface area (Å²) in [6.07, 6.45) is 0.857. The standard InChI is InChI=1S/C22H26FNO4S/c1-16(2)15-29(26,27)21-13-24(14-21)22(25)11-6-17-4-3-5-20(12-17)28-19-9-7-18(23)8-10-19/h3-5,7-10,12,16,21H,6,11,13-15H2,1-2H3. The molecule has 0 radical (unpaired) electrons. The summed E-state index contributed by atoms with van der Waals surface area (Å²) in [5.41, 5.74) is 0.947. The maximum atomic E-state index is 13.0. The first kappa shape index (κ1) is 21.3. The zero-order chi connectivity index (χ0) is 21.0. The molecule has 0 spiro atoms. The van der Waals surface area contributed by atoms with Crippen LogP contribution in [0, 0.1) is 11.7 Å². The fraction of sp³-hybridized carbons (Fsp3) is 0.409. The van der Waals surface area contributed by atoms with Crippen molar-refractivity contribution in [3.8, 4) is 11.5 Å². The highest BCUT2D eigenvalue weighted by atomic mass is 32.2. The molecule has 1 saturated heterocycles. The molecule has 1 fully saturated rings. The third kappa shape index (κ3) is 5.79. The second-order valence-electron chi connectivity index (χ2n) is 7.85. The predicted molar refractivity (Wildman–Crippen MR) is 110 cm³/mol. The fourth-order valence-electron chi connectivity index (χ4n) is 3.28. The molecule has 0 N–H and O–H groups in total. The first-order valence-corrected chi connectivity index (χ1v) is 11.5. The Morgan fingerprint density at radius 2 is 1.83 bits per heavy atom. The van der Waals surface area contributed by atoms with Gasteiger partial charge in [0.15, 0.2) is 9.84 Å². The number of aryl methyl sites for hydroxylation is 1. The molecule has 1 aliphatic heterocycles. The molecule has 0 aliphatic carbocycles. The van der Waals surface area contributed by atoms with E-state index in [0.717, 1.165) is 5.56 Å². The van der Waals surface area contributed by atoms with E-state index in [4.69, 9.17) is 4.74 Å². The molecule has 156 valence electrons. The lowest BCUT2D eigenvalue weighted by atomic mass is 10.1. The van der Waals surface area contributed by atoms with Gasteiger partial charge in [-0.2, -0.15) is 0 Å². The molecule has 2 aromatic carbocycles. The number of benzene rings is 2. The van der Waals surface area contributed by atoms with E-state index in [1.165, 1.54) is 12.1 Å². The number of ether oxygens (including phenoxy) is 1. The Morgan fingerprint density at radius 3 is 2.48 bits per heavy atom. The van der Waals surface area contributed by atoms with Gasteiger partial charge in [-0.25, -0.2) is 12.8 Å². The van der Waals surface area contributed by atoms with Crippen LogP contribution in [0.15, 0.2) is 48.5 Å². The quantitative estimate of drug-likeness (QED) is 0.652. The second kappa shape index (κ2) is 8.95. The Bertz CT molecular complexity index is 951. The lowest BCUT2D eigenvalue weighted by Crippen LogP contribution is -2.57. The van der Waals surface area contributed by atoms with Crippen LogP contribution in [0.5, 0.6) is 11.5 Å². The van der Waals surface area contributed by atoms with Crippen molar-refractivity contribution in [3.63, 3.8) is 0 Å². The minimum atomic E-state index is -3.13. The van der Waals surface area contributed by atoms with E-state index < -0.39 is 15.1 Å². The summed E-state index contributed by atoms with van der Waals surface area (Å²) >= 11 is 0. The van der Waals surface area contributed by atoms with Crippen LogP contribution in [0.25, 0.3) is 0 Å². The molecular formula is C22H26FNO4S. The summed E-state index contributed by atoms with van der Waals surface area (Å²) in [6.45, 7) is 4.35. The predicted octanol–water partition coefficient (Wildman–Crippen LogP) is 3.83. The number of sulfone groups is 1. The summed E-state index contributed by atoms with van der Waals surface area (Å²) in [7, 11) is -3.13. The molecular weight excluding hydrogens is 393 g/mol. The molecule has 0 saturated carbocycles. The van der Waals surface area contributed by atoms with Crippen molar-refractivity contribution >= 4 is 15.7 Å². The lowest BCUT2D eigenvalue weighted by molar-refractivity contribution is -0.134. The van der Waals surface area contributed by atoms with E-state index in [1.807, 2.05) is 32.0 Å². The molecule has 3 rings (SSSR count). The van der Waals surface area contributed by atoms with Crippen LogP contribution in [0.1, 0.15) is 25.8 Å². The fourth-order valence-corrected chi connectivity index (χ4v) is 5.30. The third-order valence-corrected chi connectivity index (χ3v) is 7.29. The van der Waals surface area contributed by atoms with Crippen LogP contribution >= 0.6 is 0 Å². The Balaban J connectivity index is 1.49. The number of amides is 1. The number of halogens is 1. The lowest BCUT2D eigenvalue weighted by Gasteiger charge is -2.39. The van der Waals surface area contributed by atoms with Gasteiger partial charge in [0.05, 0.1) is 11.0 Å². The summed E-state index contributed by atoms with van der Waals surface area (Å²) in [5.74, 6) is 1.05. The molecule has 1 aliphatic rings. The smallest absolute Gasteiger partial charge is 0.222 e. The third-order valence-electron chi connectivity index (χ3n) is 4.85. The monoisotopic (exact) mass is 419 g/mol. The number of carbonyl (C=O) groups is 1. The van der Waals surface area contributed by atoms with E-state index in [1.54, 1.807) is 23.1 Å². The van der Waals surface area contributed by atoms with E-state index in [-0.39, 0.29) is 23.4 Å². The van der Waals surface area contributed by atoms with Crippen molar-refractivity contribution in [1.29, 1.82) is 0 Å². The van der Waals surface area contributed by atoms with E-state index in [9.17, 15) is 17.6 Å². The summed E-state index contributed by atoms with van der Waals surface area (Å²) < 4.78 is 43.1. The van der Waals surface area contributed by atoms with Gasteiger partial charge in [-0.15, -0.1) is 0 Å². The summed E-state index contributed by atoms with van der Waals surface area (Å²) in [6, 6.07) is 13.2. The molecule has 0 bridgehead atoms. The van der Waals surface area contributed by atoms with Gasteiger partial charge >= 0.3 is 0 Å². The van der Waals surface area contributed by atoms with Crippen molar-refractivity contribution in [2.24, 2.45) is 5.92 Å². The van der Waals surface area contributed by atoms with Gasteiger partial charge in [0.1, 0.15) is 17.3 Å². The largest absolute Gasteiger partial charge is 0.457 e. The highest BCUT2D eigenvalue weighted by Gasteiger charge is 2.39. The van der Waals surface area contributed by atoms with Crippen molar-refractivity contribution in [2.45, 2.75) is 31.9 Å². The van der Waals surface area contributed by atoms with Crippen LogP contribution in [0.4, 0.5) is 4.39 Å². The van der Waals surface area contributed by atoms with Gasteiger partial charge in [0, 0.05) is 19.5 Å². The number of likely N-dealkylation sites (tertiary alicyclic amines) is 1. The van der Waals surface area contributed by atoms with Crippen LogP contribution < -0.4 is 4.74 Å². The van der Waals surface area contributed by atoms with Crippen LogP contribution in [-0.4, -0.2) is 43.3 Å². The van der Waals surface area contributed by atoms with Crippen molar-refractivity contribution in [1.82, 2.24) is 4.90 Å². The van der Waals surface area contributed by atoms with Crippen molar-refractivity contribution < 1.29 is 22.3 Å². The molecule has 29 heavy (non-hydrogen) atoms. The number of carbonyl (C=O) groups excluding carboxylic acids is 1. The second-order valence-corrected chi connectivity index (χ2v) is 10.2. The highest BCUT2D eigenvalue weighted by molar-refractivity contribution is 7.92. The molecule has 1 heterocycles. The zero-order valence-electron chi connectivity index (χ0n) is 16.7. The van der Waals surface area contributed by atoms with Gasteiger partial charge in [0.25, 0.3) is 0 Å². The van der Waals surface area contributed by atoms with Gasteiger partial charge in [-0.05, 0) is 54.3 Å². The molecule has 2 aromatic rings. The topological polar surface area (TPSA) is 63.7 Å². The maximum Gasteiger partial charge on any atom is 0.222 e. The molecule has 0 aromatic heterocycles. The number of nitrogens with zero attached hydrogens (tertiary/aromatic N) is 1. The van der Waals surface area contributed by atoms with E-state index >= 15 is 0 Å². The average molecular weight is 420 g/mol. The normalized spacial score (nSPS) is 14.7. The Hall–Kier alpha value is -2.41. The minimum absolute atomic E-state index is 0.0362. The van der Waals surface area contributed by atoms with E-state index in [0.29, 0.717) is 37.4 Å². The average Bonchev–Trinajstić information content (AvgIpc) is 2.59. The molecule has 5 nitrogen and oxygen atoms in total. The van der Waals surface area contributed by atoms with Gasteiger partial charge in [-0.1, -0.05) is 26.0 Å². The van der Waals surface area contributed by atoms with Gasteiger partial charge < -0.3 is 9.64 Å². The summed E-state index contributed by atoms with van der Waals surface area (Å²) in [4.78, 5) is 14.0. The van der Waals surface area contributed by atoms with E-state index in [2.05, 4.69) is 0 Å². The first-order chi connectivity index (χ1) is 13.7. The first-order valence-electron chi connectivity index (χ1n) is 9.74. The Kier molecular flexibility index (Phi) is 6.57. The minimum Gasteiger partial charge on any atom is -0.457 e. The molecule has 0 atom stereocenters. The van der Waals surface area contributed by atoms with Gasteiger partial charge in [-0.3, -0.25) is 4.79 Å². The highest BCUT2D eigenvalue weighted by Crippen LogP contribution is 2.24. The van der Waals surface area contributed by atoms with Gasteiger partial charge in [0.2, 0.25) is 5.91 Å². The molecule has 1 amide bonds. The maximum absolute atomic E-state index is 13.0. The van der Waals surface area contributed by atoms with Crippen LogP contribution in [-0.2, 0) is 21.1 Å². The van der Waals surface area contributed by atoms with Crippen molar-refractivity contribution in [2.75, 3.05) is 18.8 Å². The molecule has 0 unspecified atom stereocenters. The zero-order valence-corrected chi connectivity index (χ0v) is 17.5. The van der Waals surface area contributed by atoms with Crippen LogP contribution in [0.3, 0.4) is 0 Å². The van der Waals surface area contributed by atoms with Crippen LogP contribution in [0.2, 0.25) is 0 Å². The number of hydrogen-bond acceptors (Lipinski definition) is 4.